The minimum Gasteiger partial charge on any atom is -0.495 e. The van der Waals surface area contributed by atoms with Crippen LogP contribution in [-0.2, 0) is 9.59 Å². The number of carbonyl (C=O) groups excluding carboxylic acids is 2. The zero-order valence-corrected chi connectivity index (χ0v) is 17.9. The summed E-state index contributed by atoms with van der Waals surface area (Å²) >= 11 is 8.75. The number of carbonyl (C=O) groups is 2. The number of ether oxygens (including phenoxy) is 1. The predicted molar refractivity (Wildman–Crippen MR) is 118 cm³/mol. The molecule has 0 radical (unpaired) electrons. The van der Waals surface area contributed by atoms with Crippen LogP contribution in [0.15, 0.2) is 52.5 Å². The Labute approximate surface area is 176 Å². The van der Waals surface area contributed by atoms with E-state index in [1.54, 1.807) is 30.3 Å². The van der Waals surface area contributed by atoms with Gasteiger partial charge in [0.15, 0.2) is 5.11 Å². The molecule has 28 heavy (non-hydrogen) atoms. The zero-order valence-electron chi connectivity index (χ0n) is 15.5. The van der Waals surface area contributed by atoms with Crippen LogP contribution in [0.5, 0.6) is 5.75 Å². The van der Waals surface area contributed by atoms with Gasteiger partial charge in [0.25, 0.3) is 11.8 Å². The fraction of sp³-hybridized carbons (Fsp3) is 0.150. The number of methoxy groups -OCH3 is 1. The van der Waals surface area contributed by atoms with E-state index in [2.05, 4.69) is 21.2 Å². The molecule has 0 aromatic heterocycles. The molecule has 2 aromatic rings. The number of hydrogen-bond acceptors (Lipinski definition) is 5. The summed E-state index contributed by atoms with van der Waals surface area (Å²) in [5.74, 6) is -0.563. The number of rotatable bonds is 4. The highest BCUT2D eigenvalue weighted by Crippen LogP contribution is 2.31. The Hall–Kier alpha value is -2.71. The van der Waals surface area contributed by atoms with Crippen molar-refractivity contribution >= 4 is 62.5 Å². The van der Waals surface area contributed by atoms with E-state index in [0.717, 1.165) is 10.2 Å². The second-order valence-corrected chi connectivity index (χ2v) is 7.48. The molecule has 8 heteroatoms. The van der Waals surface area contributed by atoms with Crippen LogP contribution in [-0.4, -0.2) is 38.1 Å². The summed E-state index contributed by atoms with van der Waals surface area (Å²) in [6.45, 7) is 0. The number of amides is 2. The summed E-state index contributed by atoms with van der Waals surface area (Å²) in [4.78, 5) is 28.8. The highest BCUT2D eigenvalue weighted by Gasteiger charge is 2.35. The number of nitrogens with one attached hydrogen (secondary N) is 1. The van der Waals surface area contributed by atoms with Crippen molar-refractivity contribution in [1.82, 2.24) is 5.32 Å². The first-order valence-corrected chi connectivity index (χ1v) is 9.55. The quantitative estimate of drug-likeness (QED) is 0.431. The fourth-order valence-electron chi connectivity index (χ4n) is 2.83. The Kier molecular flexibility index (Phi) is 5.81. The second kappa shape index (κ2) is 8.12. The molecule has 0 atom stereocenters. The van der Waals surface area contributed by atoms with E-state index in [1.807, 2.05) is 37.2 Å². The van der Waals surface area contributed by atoms with Crippen molar-refractivity contribution in [1.29, 1.82) is 0 Å². The molecule has 0 saturated carbocycles. The van der Waals surface area contributed by atoms with Crippen molar-refractivity contribution in [3.8, 4) is 5.75 Å². The molecule has 2 aromatic carbocycles. The molecule has 6 nitrogen and oxygen atoms in total. The van der Waals surface area contributed by atoms with Gasteiger partial charge in [0.1, 0.15) is 11.3 Å². The van der Waals surface area contributed by atoms with Crippen molar-refractivity contribution in [2.45, 2.75) is 0 Å². The third-order valence-corrected chi connectivity index (χ3v) is 5.11. The molecule has 1 fully saturated rings. The maximum absolute atomic E-state index is 13.1. The van der Waals surface area contributed by atoms with Crippen LogP contribution in [0.1, 0.15) is 5.56 Å². The summed E-state index contributed by atoms with van der Waals surface area (Å²) in [7, 11) is 5.38. The molecule has 0 aliphatic carbocycles. The number of anilines is 2. The summed E-state index contributed by atoms with van der Waals surface area (Å²) in [6, 6.07) is 12.6. The lowest BCUT2D eigenvalue weighted by atomic mass is 10.1. The van der Waals surface area contributed by atoms with Gasteiger partial charge in [0.05, 0.1) is 18.5 Å². The van der Waals surface area contributed by atoms with E-state index in [9.17, 15) is 9.59 Å². The van der Waals surface area contributed by atoms with Crippen LogP contribution in [0.4, 0.5) is 11.4 Å². The van der Waals surface area contributed by atoms with Crippen LogP contribution in [0.2, 0.25) is 0 Å². The van der Waals surface area contributed by atoms with Gasteiger partial charge in [-0.2, -0.15) is 0 Å². The lowest BCUT2D eigenvalue weighted by Crippen LogP contribution is -2.54. The molecule has 1 N–H and O–H groups in total. The van der Waals surface area contributed by atoms with E-state index >= 15 is 0 Å². The smallest absolute Gasteiger partial charge is 0.270 e. The van der Waals surface area contributed by atoms with Gasteiger partial charge in [-0.15, -0.1) is 0 Å². The Morgan fingerprint density at radius 3 is 2.54 bits per heavy atom. The Morgan fingerprint density at radius 2 is 1.89 bits per heavy atom. The number of thiocarbonyl (C=S) groups is 1. The minimum absolute atomic E-state index is 0.0102. The summed E-state index contributed by atoms with van der Waals surface area (Å²) < 4.78 is 6.18. The third-order valence-electron chi connectivity index (χ3n) is 4.19. The van der Waals surface area contributed by atoms with E-state index in [0.29, 0.717) is 17.0 Å². The summed E-state index contributed by atoms with van der Waals surface area (Å²) in [5, 5.41) is 2.59. The Balaban J connectivity index is 2.03. The number of hydrogen-bond donors (Lipinski definition) is 1. The number of benzene rings is 2. The van der Waals surface area contributed by atoms with Crippen molar-refractivity contribution in [3.63, 3.8) is 0 Å². The standard InChI is InChI=1S/C20H18BrN3O3S/c1-23(2)15-9-8-12(11-14(15)21)10-13-18(25)22-20(28)24(19(13)26)16-6-4-5-7-17(16)27-3/h4-11H,1-3H3,(H,22,25,28)/b13-10-. The van der Waals surface area contributed by atoms with Gasteiger partial charge in [-0.25, -0.2) is 4.90 Å². The molecule has 1 saturated heterocycles. The molecule has 2 amide bonds. The topological polar surface area (TPSA) is 61.9 Å². The maximum atomic E-state index is 13.1. The second-order valence-electron chi connectivity index (χ2n) is 6.23. The van der Waals surface area contributed by atoms with Crippen molar-refractivity contribution in [3.05, 3.63) is 58.1 Å². The summed E-state index contributed by atoms with van der Waals surface area (Å²) in [6.07, 6.45) is 1.55. The van der Waals surface area contributed by atoms with Gasteiger partial charge in [0.2, 0.25) is 0 Å². The van der Waals surface area contributed by atoms with Gasteiger partial charge < -0.3 is 9.64 Å². The normalized spacial score (nSPS) is 15.6. The van der Waals surface area contributed by atoms with Crippen molar-refractivity contribution in [2.24, 2.45) is 0 Å². The monoisotopic (exact) mass is 459 g/mol. The first-order chi connectivity index (χ1) is 13.3. The Bertz CT molecular complexity index is 1000. The average Bonchev–Trinajstić information content (AvgIpc) is 2.65. The van der Waals surface area contributed by atoms with E-state index in [1.165, 1.54) is 12.0 Å². The van der Waals surface area contributed by atoms with Crippen molar-refractivity contribution in [2.75, 3.05) is 31.0 Å². The zero-order chi connectivity index (χ0) is 20.4. The fourth-order valence-corrected chi connectivity index (χ4v) is 3.86. The Morgan fingerprint density at radius 1 is 1.18 bits per heavy atom. The van der Waals surface area contributed by atoms with Crippen LogP contribution < -0.4 is 19.9 Å². The molecular weight excluding hydrogens is 442 g/mol. The molecule has 1 aliphatic rings. The summed E-state index contributed by atoms with van der Waals surface area (Å²) in [5.41, 5.74) is 2.15. The van der Waals surface area contributed by atoms with Crippen LogP contribution in [0.25, 0.3) is 6.08 Å². The van der Waals surface area contributed by atoms with Gasteiger partial charge >= 0.3 is 0 Å². The largest absolute Gasteiger partial charge is 0.495 e. The van der Waals surface area contributed by atoms with Gasteiger partial charge in [-0.05, 0) is 64.1 Å². The van der Waals surface area contributed by atoms with Gasteiger partial charge in [-0.1, -0.05) is 18.2 Å². The number of para-hydroxylation sites is 2. The number of nitrogens with zero attached hydrogens (tertiary/aromatic N) is 2. The van der Waals surface area contributed by atoms with E-state index in [4.69, 9.17) is 17.0 Å². The first-order valence-electron chi connectivity index (χ1n) is 8.35. The molecule has 0 unspecified atom stereocenters. The molecule has 1 aliphatic heterocycles. The first kappa shape index (κ1) is 20.0. The molecule has 1 heterocycles. The van der Waals surface area contributed by atoms with Crippen LogP contribution >= 0.6 is 28.1 Å². The van der Waals surface area contributed by atoms with Crippen molar-refractivity contribution < 1.29 is 14.3 Å². The SMILES string of the molecule is COc1ccccc1N1C(=O)/C(=C\c2ccc(N(C)C)c(Br)c2)C(=O)NC1=S. The lowest BCUT2D eigenvalue weighted by molar-refractivity contribution is -0.122. The minimum atomic E-state index is -0.533. The lowest BCUT2D eigenvalue weighted by Gasteiger charge is -2.29. The number of halogens is 1. The van der Waals surface area contributed by atoms with E-state index in [-0.39, 0.29) is 10.7 Å². The molecule has 0 bridgehead atoms. The molecular formula is C20H18BrN3O3S. The predicted octanol–water partition coefficient (Wildman–Crippen LogP) is 3.36. The third kappa shape index (κ3) is 3.79. The van der Waals surface area contributed by atoms with E-state index < -0.39 is 11.8 Å². The maximum Gasteiger partial charge on any atom is 0.270 e. The van der Waals surface area contributed by atoms with Crippen LogP contribution in [0, 0.1) is 0 Å². The van der Waals surface area contributed by atoms with Gasteiger partial charge in [-0.3, -0.25) is 14.9 Å². The molecule has 144 valence electrons. The van der Waals surface area contributed by atoms with Gasteiger partial charge in [0, 0.05) is 18.6 Å². The molecule has 3 rings (SSSR count). The highest BCUT2D eigenvalue weighted by molar-refractivity contribution is 9.10. The highest BCUT2D eigenvalue weighted by atomic mass is 79.9. The van der Waals surface area contributed by atoms with Crippen LogP contribution in [0.3, 0.4) is 0 Å². The molecule has 0 spiro atoms. The average molecular weight is 460 g/mol.